The lowest BCUT2D eigenvalue weighted by Gasteiger charge is -2.25. The summed E-state index contributed by atoms with van der Waals surface area (Å²) in [4.78, 5) is 14.6. The first-order valence-electron chi connectivity index (χ1n) is 10.1. The Labute approximate surface area is 204 Å². The summed E-state index contributed by atoms with van der Waals surface area (Å²) in [5.74, 6) is 0.364. The zero-order chi connectivity index (χ0) is 24.0. The lowest BCUT2D eigenvalue weighted by Crippen LogP contribution is -2.41. The van der Waals surface area contributed by atoms with Crippen molar-refractivity contribution in [2.75, 3.05) is 20.7 Å². The number of halogens is 2. The molecule has 0 aromatic heterocycles. The van der Waals surface area contributed by atoms with Crippen molar-refractivity contribution in [3.63, 3.8) is 0 Å². The maximum Gasteiger partial charge on any atom is 0.243 e. The average molecular weight is 507 g/mol. The standard InChI is InChI=1S/C24H24Cl2N2O4S/c1-27(15-18-7-11-21(32-2)12-8-18)24(29)17-28(16-19-5-3-4-6-23(19)26)33(30,31)22-13-9-20(25)10-14-22/h3-14H,15-17H2,1-2H3. The molecule has 0 aliphatic heterocycles. The lowest BCUT2D eigenvalue weighted by atomic mass is 10.2. The van der Waals surface area contributed by atoms with Crippen molar-refractivity contribution in [2.45, 2.75) is 18.0 Å². The number of hydrogen-bond donors (Lipinski definition) is 0. The van der Waals surface area contributed by atoms with Crippen LogP contribution in [0.15, 0.2) is 77.7 Å². The molecule has 0 radical (unpaired) electrons. The average Bonchev–Trinajstić information content (AvgIpc) is 2.80. The first kappa shape index (κ1) is 25.1. The van der Waals surface area contributed by atoms with Gasteiger partial charge in [-0.15, -0.1) is 0 Å². The Hall–Kier alpha value is -2.58. The Balaban J connectivity index is 1.84. The molecule has 0 bridgehead atoms. The van der Waals surface area contributed by atoms with Crippen molar-refractivity contribution in [2.24, 2.45) is 0 Å². The molecule has 0 saturated heterocycles. The van der Waals surface area contributed by atoms with Crippen LogP contribution in [-0.2, 0) is 27.9 Å². The third-order valence-corrected chi connectivity index (χ3v) is 7.50. The third kappa shape index (κ3) is 6.48. The molecule has 0 aliphatic rings. The largest absolute Gasteiger partial charge is 0.497 e. The van der Waals surface area contributed by atoms with Crippen molar-refractivity contribution in [3.8, 4) is 5.75 Å². The summed E-state index contributed by atoms with van der Waals surface area (Å²) >= 11 is 12.2. The van der Waals surface area contributed by atoms with Crippen molar-refractivity contribution < 1.29 is 17.9 Å². The highest BCUT2D eigenvalue weighted by molar-refractivity contribution is 7.89. The van der Waals surface area contributed by atoms with Gasteiger partial charge in [0.15, 0.2) is 0 Å². The van der Waals surface area contributed by atoms with Crippen LogP contribution >= 0.6 is 23.2 Å². The Morgan fingerprint density at radius 1 is 0.909 bits per heavy atom. The molecule has 3 rings (SSSR count). The van der Waals surface area contributed by atoms with Gasteiger partial charge in [0.1, 0.15) is 5.75 Å². The number of benzene rings is 3. The second kappa shape index (κ2) is 11.0. The Morgan fingerprint density at radius 2 is 1.55 bits per heavy atom. The summed E-state index contributed by atoms with van der Waals surface area (Å²) < 4.78 is 33.1. The summed E-state index contributed by atoms with van der Waals surface area (Å²) in [5.41, 5.74) is 1.49. The summed E-state index contributed by atoms with van der Waals surface area (Å²) in [7, 11) is -0.774. The number of carbonyl (C=O) groups excluding carboxylic acids is 1. The molecule has 0 atom stereocenters. The fraction of sp³-hybridized carbons (Fsp3) is 0.208. The smallest absolute Gasteiger partial charge is 0.243 e. The van der Waals surface area contributed by atoms with Gasteiger partial charge in [0.25, 0.3) is 0 Å². The fourth-order valence-electron chi connectivity index (χ4n) is 3.16. The van der Waals surface area contributed by atoms with Crippen molar-refractivity contribution >= 4 is 39.1 Å². The minimum atomic E-state index is -3.99. The highest BCUT2D eigenvalue weighted by Crippen LogP contribution is 2.24. The van der Waals surface area contributed by atoms with E-state index in [0.29, 0.717) is 27.9 Å². The molecule has 0 fully saturated rings. The van der Waals surface area contributed by atoms with Crippen LogP contribution in [-0.4, -0.2) is 44.2 Å². The van der Waals surface area contributed by atoms with Gasteiger partial charge >= 0.3 is 0 Å². The quantitative estimate of drug-likeness (QED) is 0.415. The van der Waals surface area contributed by atoms with E-state index in [-0.39, 0.29) is 23.9 Å². The molecule has 1 amide bonds. The number of methoxy groups -OCH3 is 1. The third-order valence-electron chi connectivity index (χ3n) is 5.07. The van der Waals surface area contributed by atoms with E-state index in [2.05, 4.69) is 0 Å². The fourth-order valence-corrected chi connectivity index (χ4v) is 4.85. The van der Waals surface area contributed by atoms with E-state index in [9.17, 15) is 13.2 Å². The minimum absolute atomic E-state index is 0.0459. The van der Waals surface area contributed by atoms with Crippen LogP contribution in [0.2, 0.25) is 10.0 Å². The molecular weight excluding hydrogens is 483 g/mol. The zero-order valence-electron chi connectivity index (χ0n) is 18.2. The molecule has 33 heavy (non-hydrogen) atoms. The molecule has 174 valence electrons. The van der Waals surface area contributed by atoms with Gasteiger partial charge < -0.3 is 9.64 Å². The van der Waals surface area contributed by atoms with E-state index in [1.807, 2.05) is 24.3 Å². The number of amides is 1. The summed E-state index contributed by atoms with van der Waals surface area (Å²) in [5, 5.41) is 0.842. The topological polar surface area (TPSA) is 66.9 Å². The van der Waals surface area contributed by atoms with Gasteiger partial charge in [-0.05, 0) is 53.6 Å². The number of rotatable bonds is 9. The first-order chi connectivity index (χ1) is 15.7. The highest BCUT2D eigenvalue weighted by Gasteiger charge is 2.28. The molecular formula is C24H24Cl2N2O4S. The Morgan fingerprint density at radius 3 is 2.15 bits per heavy atom. The summed E-state index contributed by atoms with van der Waals surface area (Å²) in [6, 6.07) is 20.1. The van der Waals surface area contributed by atoms with Crippen molar-refractivity contribution in [1.82, 2.24) is 9.21 Å². The first-order valence-corrected chi connectivity index (χ1v) is 12.3. The second-order valence-electron chi connectivity index (χ2n) is 7.42. The molecule has 9 heteroatoms. The van der Waals surface area contributed by atoms with Crippen LogP contribution in [0.5, 0.6) is 5.75 Å². The molecule has 3 aromatic carbocycles. The van der Waals surface area contributed by atoms with Crippen LogP contribution in [0, 0.1) is 0 Å². The van der Waals surface area contributed by atoms with Crippen LogP contribution < -0.4 is 4.74 Å². The van der Waals surface area contributed by atoms with E-state index in [4.69, 9.17) is 27.9 Å². The van der Waals surface area contributed by atoms with Gasteiger partial charge in [0.05, 0.1) is 18.6 Å². The Bertz CT molecular complexity index is 1200. The highest BCUT2D eigenvalue weighted by atomic mass is 35.5. The maximum atomic E-state index is 13.4. The van der Waals surface area contributed by atoms with Gasteiger partial charge in [-0.3, -0.25) is 4.79 Å². The predicted molar refractivity (Wildman–Crippen MR) is 130 cm³/mol. The SMILES string of the molecule is COc1ccc(CN(C)C(=O)CN(Cc2ccccc2Cl)S(=O)(=O)c2ccc(Cl)cc2)cc1. The number of sulfonamides is 1. The van der Waals surface area contributed by atoms with Crippen LogP contribution in [0.4, 0.5) is 0 Å². The minimum Gasteiger partial charge on any atom is -0.497 e. The molecule has 0 saturated carbocycles. The van der Waals surface area contributed by atoms with Crippen LogP contribution in [0.1, 0.15) is 11.1 Å². The second-order valence-corrected chi connectivity index (χ2v) is 10.2. The molecule has 0 aliphatic carbocycles. The van der Waals surface area contributed by atoms with Gasteiger partial charge in [0, 0.05) is 30.2 Å². The van der Waals surface area contributed by atoms with Gasteiger partial charge in [-0.1, -0.05) is 53.5 Å². The molecule has 0 N–H and O–H groups in total. The van der Waals surface area contributed by atoms with Crippen LogP contribution in [0.25, 0.3) is 0 Å². The molecule has 6 nitrogen and oxygen atoms in total. The molecule has 3 aromatic rings. The number of carbonyl (C=O) groups is 1. The van der Waals surface area contributed by atoms with Crippen molar-refractivity contribution in [1.29, 1.82) is 0 Å². The van der Waals surface area contributed by atoms with Crippen LogP contribution in [0.3, 0.4) is 0 Å². The van der Waals surface area contributed by atoms with E-state index < -0.39 is 10.0 Å². The zero-order valence-corrected chi connectivity index (χ0v) is 20.6. The number of likely N-dealkylation sites (N-methyl/N-ethyl adjacent to an activating group) is 1. The van der Waals surface area contributed by atoms with E-state index in [1.54, 1.807) is 38.4 Å². The van der Waals surface area contributed by atoms with Crippen molar-refractivity contribution in [3.05, 3.63) is 94.0 Å². The van der Waals surface area contributed by atoms with Gasteiger partial charge in [-0.25, -0.2) is 8.42 Å². The lowest BCUT2D eigenvalue weighted by molar-refractivity contribution is -0.130. The summed E-state index contributed by atoms with van der Waals surface area (Å²) in [6.07, 6.45) is 0. The number of ether oxygens (including phenoxy) is 1. The normalized spacial score (nSPS) is 11.4. The molecule has 0 heterocycles. The molecule has 0 unspecified atom stereocenters. The van der Waals surface area contributed by atoms with Gasteiger partial charge in [-0.2, -0.15) is 4.31 Å². The van der Waals surface area contributed by atoms with E-state index >= 15 is 0 Å². The Kier molecular flexibility index (Phi) is 8.37. The van der Waals surface area contributed by atoms with E-state index in [0.717, 1.165) is 9.87 Å². The molecule has 0 spiro atoms. The number of hydrogen-bond acceptors (Lipinski definition) is 4. The number of nitrogens with zero attached hydrogens (tertiary/aromatic N) is 2. The summed E-state index contributed by atoms with van der Waals surface area (Å²) in [6.45, 7) is -0.0701. The van der Waals surface area contributed by atoms with Gasteiger partial charge in [0.2, 0.25) is 15.9 Å². The van der Waals surface area contributed by atoms with E-state index in [1.165, 1.54) is 29.2 Å². The predicted octanol–water partition coefficient (Wildman–Crippen LogP) is 4.85. The maximum absolute atomic E-state index is 13.4. The monoisotopic (exact) mass is 506 g/mol.